The van der Waals surface area contributed by atoms with E-state index in [1.807, 2.05) is 0 Å². The number of carboxylic acid groups (broad SMARTS) is 1. The molecule has 1 aromatic heterocycles. The van der Waals surface area contributed by atoms with E-state index in [-0.39, 0.29) is 11.1 Å². The summed E-state index contributed by atoms with van der Waals surface area (Å²) in [5.74, 6) is 4.47. The van der Waals surface area contributed by atoms with Gasteiger partial charge in [-0.05, 0) is 13.0 Å². The molecule has 0 bridgehead atoms. The van der Waals surface area contributed by atoms with Crippen LogP contribution in [-0.4, -0.2) is 15.6 Å². The second-order valence-corrected chi connectivity index (χ2v) is 2.93. The first-order valence-electron chi connectivity index (χ1n) is 4.48. The third kappa shape index (κ3) is 2.99. The monoisotopic (exact) mass is 205 g/mol. The Hall–Kier alpha value is -2.02. The number of nitrogens with zero attached hydrogens (tertiary/aromatic N) is 1. The van der Waals surface area contributed by atoms with Crippen LogP contribution < -0.4 is 5.56 Å². The summed E-state index contributed by atoms with van der Waals surface area (Å²) < 4.78 is 1.44. The van der Waals surface area contributed by atoms with Crippen LogP contribution in [0.4, 0.5) is 0 Å². The van der Waals surface area contributed by atoms with E-state index in [1.54, 1.807) is 6.92 Å². The van der Waals surface area contributed by atoms with Gasteiger partial charge >= 0.3 is 5.97 Å². The van der Waals surface area contributed by atoms with Gasteiger partial charge in [-0.3, -0.25) is 4.79 Å². The highest BCUT2D eigenvalue weighted by molar-refractivity contribution is 5.87. The van der Waals surface area contributed by atoms with Crippen molar-refractivity contribution in [3.05, 3.63) is 34.2 Å². The molecule has 0 fully saturated rings. The van der Waals surface area contributed by atoms with Crippen LogP contribution >= 0.6 is 0 Å². The molecule has 78 valence electrons. The van der Waals surface area contributed by atoms with Gasteiger partial charge in [0.2, 0.25) is 0 Å². The highest BCUT2D eigenvalue weighted by Crippen LogP contribution is 1.95. The minimum atomic E-state index is -1.09. The van der Waals surface area contributed by atoms with E-state index in [0.717, 1.165) is 6.07 Å². The fraction of sp³-hybridized carbons (Fsp3) is 0.273. The molecule has 1 N–H and O–H groups in total. The Morgan fingerprint density at radius 2 is 2.33 bits per heavy atom. The van der Waals surface area contributed by atoms with Crippen LogP contribution in [0.5, 0.6) is 0 Å². The molecule has 0 atom stereocenters. The minimum Gasteiger partial charge on any atom is -0.478 e. The third-order valence-corrected chi connectivity index (χ3v) is 1.90. The lowest BCUT2D eigenvalue weighted by molar-refractivity contribution is 0.0696. The van der Waals surface area contributed by atoms with Gasteiger partial charge in [-0.1, -0.05) is 0 Å². The fourth-order valence-corrected chi connectivity index (χ4v) is 1.13. The summed E-state index contributed by atoms with van der Waals surface area (Å²) in [4.78, 5) is 21.9. The Balaban J connectivity index is 2.87. The van der Waals surface area contributed by atoms with Crippen molar-refractivity contribution in [2.24, 2.45) is 0 Å². The van der Waals surface area contributed by atoms with Crippen LogP contribution in [0.2, 0.25) is 0 Å². The number of pyridine rings is 1. The van der Waals surface area contributed by atoms with Crippen molar-refractivity contribution >= 4 is 5.97 Å². The van der Waals surface area contributed by atoms with Crippen LogP contribution in [0.25, 0.3) is 0 Å². The lowest BCUT2D eigenvalue weighted by Crippen LogP contribution is -2.20. The van der Waals surface area contributed by atoms with Crippen LogP contribution in [-0.2, 0) is 6.54 Å². The van der Waals surface area contributed by atoms with Gasteiger partial charge in [0.15, 0.2) is 0 Å². The summed E-state index contributed by atoms with van der Waals surface area (Å²) in [6.07, 6.45) is 2.06. The highest BCUT2D eigenvalue weighted by Gasteiger charge is 2.03. The van der Waals surface area contributed by atoms with Crippen LogP contribution in [0, 0.1) is 11.8 Å². The molecule has 0 aliphatic heterocycles. The summed E-state index contributed by atoms with van der Waals surface area (Å²) in [6, 6.07) is 2.52. The zero-order chi connectivity index (χ0) is 11.3. The van der Waals surface area contributed by atoms with Gasteiger partial charge < -0.3 is 9.67 Å². The Morgan fingerprint density at radius 3 is 2.87 bits per heavy atom. The Morgan fingerprint density at radius 1 is 1.60 bits per heavy atom. The summed E-state index contributed by atoms with van der Waals surface area (Å²) in [6.45, 7) is 2.22. The Labute approximate surface area is 87.2 Å². The molecule has 0 aliphatic rings. The largest absolute Gasteiger partial charge is 0.478 e. The van der Waals surface area contributed by atoms with Crippen molar-refractivity contribution in [1.29, 1.82) is 0 Å². The van der Waals surface area contributed by atoms with Crippen LogP contribution in [0.1, 0.15) is 23.7 Å². The summed E-state index contributed by atoms with van der Waals surface area (Å²) >= 11 is 0. The van der Waals surface area contributed by atoms with Crippen molar-refractivity contribution in [1.82, 2.24) is 4.57 Å². The average Bonchev–Trinajstić information content (AvgIpc) is 2.20. The van der Waals surface area contributed by atoms with E-state index in [4.69, 9.17) is 5.11 Å². The second-order valence-electron chi connectivity index (χ2n) is 2.93. The SMILES string of the molecule is CC#CCCn1ccc(C(=O)O)cc1=O. The number of hydrogen-bond acceptors (Lipinski definition) is 2. The molecular weight excluding hydrogens is 194 g/mol. The standard InChI is InChI=1S/C11H11NO3/c1-2-3-4-6-12-7-5-9(11(14)15)8-10(12)13/h5,7-8H,4,6H2,1H3,(H,14,15). The smallest absolute Gasteiger partial charge is 0.335 e. The maximum Gasteiger partial charge on any atom is 0.335 e. The molecule has 0 aromatic carbocycles. The lowest BCUT2D eigenvalue weighted by Gasteiger charge is -2.02. The zero-order valence-corrected chi connectivity index (χ0v) is 8.36. The van der Waals surface area contributed by atoms with Crippen molar-refractivity contribution in [2.75, 3.05) is 0 Å². The predicted octanol–water partition coefficient (Wildman–Crippen LogP) is 0.960. The van der Waals surface area contributed by atoms with Gasteiger partial charge in [0.05, 0.1) is 5.56 Å². The summed E-state index contributed by atoms with van der Waals surface area (Å²) in [5.41, 5.74) is -0.300. The molecule has 0 amide bonds. The Kier molecular flexibility index (Phi) is 3.69. The molecular formula is C11H11NO3. The maximum atomic E-state index is 11.4. The molecule has 15 heavy (non-hydrogen) atoms. The van der Waals surface area contributed by atoms with Gasteiger partial charge in [0, 0.05) is 25.2 Å². The first-order valence-corrected chi connectivity index (χ1v) is 4.48. The zero-order valence-electron chi connectivity index (χ0n) is 8.36. The fourth-order valence-electron chi connectivity index (χ4n) is 1.13. The van der Waals surface area contributed by atoms with Crippen molar-refractivity contribution in [3.8, 4) is 11.8 Å². The third-order valence-electron chi connectivity index (χ3n) is 1.90. The number of aromatic nitrogens is 1. The van der Waals surface area contributed by atoms with Crippen LogP contribution in [0.15, 0.2) is 23.1 Å². The van der Waals surface area contributed by atoms with E-state index in [9.17, 15) is 9.59 Å². The molecule has 0 radical (unpaired) electrons. The second kappa shape index (κ2) is 5.01. The van der Waals surface area contributed by atoms with Gasteiger partial charge in [-0.2, -0.15) is 0 Å². The van der Waals surface area contributed by atoms with Crippen molar-refractivity contribution in [2.45, 2.75) is 19.9 Å². The minimum absolute atomic E-state index is 0.0119. The lowest BCUT2D eigenvalue weighted by atomic mass is 10.2. The molecule has 0 aliphatic carbocycles. The molecule has 1 aromatic rings. The number of aromatic carboxylic acids is 1. The number of rotatable bonds is 3. The molecule has 0 saturated heterocycles. The number of carboxylic acids is 1. The molecule has 4 heteroatoms. The van der Waals surface area contributed by atoms with E-state index >= 15 is 0 Å². The number of carbonyl (C=O) groups is 1. The van der Waals surface area contributed by atoms with Crippen molar-refractivity contribution < 1.29 is 9.90 Å². The average molecular weight is 205 g/mol. The van der Waals surface area contributed by atoms with Gasteiger partial charge in [-0.25, -0.2) is 4.79 Å². The van der Waals surface area contributed by atoms with E-state index in [2.05, 4.69) is 11.8 Å². The molecule has 1 rings (SSSR count). The van der Waals surface area contributed by atoms with Gasteiger partial charge in [-0.15, -0.1) is 11.8 Å². The predicted molar refractivity (Wildman–Crippen MR) is 55.7 cm³/mol. The summed E-state index contributed by atoms with van der Waals surface area (Å²) in [7, 11) is 0. The van der Waals surface area contributed by atoms with Crippen molar-refractivity contribution in [3.63, 3.8) is 0 Å². The molecule has 0 saturated carbocycles. The van der Waals surface area contributed by atoms with E-state index in [0.29, 0.717) is 13.0 Å². The number of hydrogen-bond donors (Lipinski definition) is 1. The normalized spacial score (nSPS) is 9.13. The number of aryl methyl sites for hydroxylation is 1. The topological polar surface area (TPSA) is 59.3 Å². The quantitative estimate of drug-likeness (QED) is 0.748. The van der Waals surface area contributed by atoms with Crippen LogP contribution in [0.3, 0.4) is 0 Å². The molecule has 0 unspecified atom stereocenters. The molecule has 1 heterocycles. The first kappa shape index (κ1) is 11.1. The van der Waals surface area contributed by atoms with E-state index in [1.165, 1.54) is 16.8 Å². The Bertz CT molecular complexity index is 477. The summed E-state index contributed by atoms with van der Waals surface area (Å²) in [5, 5.41) is 8.64. The highest BCUT2D eigenvalue weighted by atomic mass is 16.4. The first-order chi connectivity index (χ1) is 7.15. The molecule has 4 nitrogen and oxygen atoms in total. The molecule has 0 spiro atoms. The van der Waals surface area contributed by atoms with E-state index < -0.39 is 5.97 Å². The van der Waals surface area contributed by atoms with Gasteiger partial charge in [0.1, 0.15) is 0 Å². The maximum absolute atomic E-state index is 11.4. The van der Waals surface area contributed by atoms with Gasteiger partial charge in [0.25, 0.3) is 5.56 Å².